The topological polar surface area (TPSA) is 152 Å². The second-order valence-electron chi connectivity index (χ2n) is 9.10. The number of ether oxygens (including phenoxy) is 1. The van der Waals surface area contributed by atoms with Gasteiger partial charge in [0.05, 0.1) is 47.8 Å². The summed E-state index contributed by atoms with van der Waals surface area (Å²) in [6.07, 6.45) is 8.05. The number of nitrogens with one attached hydrogen (secondary N) is 2. The van der Waals surface area contributed by atoms with Crippen LogP contribution in [0.25, 0.3) is 11.3 Å². The molecule has 2 aliphatic carbocycles. The summed E-state index contributed by atoms with van der Waals surface area (Å²) in [6, 6.07) is 2.42. The SMILES string of the molecule is C=C(C(N)=O)/C(=C\C(=NC)NC(=O)C1CC1)Nc1cc(F)cc(-c2cnc(C3(O)CCC3)cn2)c1OC. The fraction of sp³-hybridized carbons (Fsp3) is 0.346. The predicted molar refractivity (Wildman–Crippen MR) is 136 cm³/mol. The van der Waals surface area contributed by atoms with E-state index in [2.05, 4.69) is 32.2 Å². The van der Waals surface area contributed by atoms with Gasteiger partial charge in [0.1, 0.15) is 17.3 Å². The van der Waals surface area contributed by atoms with Gasteiger partial charge in [-0.2, -0.15) is 0 Å². The lowest BCUT2D eigenvalue weighted by Crippen LogP contribution is -2.34. The molecule has 2 amide bonds. The number of hydrogen-bond acceptors (Lipinski definition) is 8. The Morgan fingerprint density at radius 1 is 1.30 bits per heavy atom. The van der Waals surface area contributed by atoms with E-state index in [1.54, 1.807) is 0 Å². The molecule has 1 aromatic heterocycles. The minimum atomic E-state index is -0.980. The number of aliphatic imine (C=N–C) groups is 1. The summed E-state index contributed by atoms with van der Waals surface area (Å²) >= 11 is 0. The molecule has 1 aromatic carbocycles. The number of rotatable bonds is 9. The van der Waals surface area contributed by atoms with E-state index in [-0.39, 0.29) is 40.4 Å². The van der Waals surface area contributed by atoms with Crippen LogP contribution in [0.3, 0.4) is 0 Å². The number of aromatic nitrogens is 2. The van der Waals surface area contributed by atoms with Gasteiger partial charge in [0.25, 0.3) is 0 Å². The smallest absolute Gasteiger partial charge is 0.250 e. The average molecular weight is 509 g/mol. The molecule has 1 heterocycles. The van der Waals surface area contributed by atoms with Crippen molar-refractivity contribution < 1.29 is 23.8 Å². The number of anilines is 1. The van der Waals surface area contributed by atoms with Crippen molar-refractivity contribution in [3.8, 4) is 17.0 Å². The van der Waals surface area contributed by atoms with Crippen LogP contribution < -0.4 is 21.1 Å². The summed E-state index contributed by atoms with van der Waals surface area (Å²) in [5.74, 6) is -1.30. The van der Waals surface area contributed by atoms with Crippen molar-refractivity contribution in [2.24, 2.45) is 16.6 Å². The van der Waals surface area contributed by atoms with Crippen LogP contribution in [-0.2, 0) is 15.2 Å². The number of amidine groups is 1. The van der Waals surface area contributed by atoms with E-state index in [1.165, 1.54) is 44.8 Å². The number of carbonyl (C=O) groups excluding carboxylic acids is 2. The van der Waals surface area contributed by atoms with Crippen LogP contribution in [0.1, 0.15) is 37.8 Å². The minimum absolute atomic E-state index is 0.0655. The van der Waals surface area contributed by atoms with Gasteiger partial charge in [-0.3, -0.25) is 24.5 Å². The van der Waals surface area contributed by atoms with Crippen LogP contribution >= 0.6 is 0 Å². The van der Waals surface area contributed by atoms with E-state index in [4.69, 9.17) is 10.5 Å². The summed E-state index contributed by atoms with van der Waals surface area (Å²) in [7, 11) is 2.88. The molecular formula is C26H29FN6O4. The summed E-state index contributed by atoms with van der Waals surface area (Å²) in [4.78, 5) is 37.0. The Labute approximate surface area is 213 Å². The molecule has 194 valence electrons. The van der Waals surface area contributed by atoms with Gasteiger partial charge in [-0.1, -0.05) is 6.58 Å². The third kappa shape index (κ3) is 5.67. The van der Waals surface area contributed by atoms with Crippen molar-refractivity contribution in [2.75, 3.05) is 19.5 Å². The fourth-order valence-corrected chi connectivity index (χ4v) is 3.92. The van der Waals surface area contributed by atoms with Crippen LogP contribution in [0, 0.1) is 11.7 Å². The number of halogens is 1. The molecule has 4 rings (SSSR count). The van der Waals surface area contributed by atoms with Gasteiger partial charge >= 0.3 is 0 Å². The lowest BCUT2D eigenvalue weighted by atomic mass is 9.78. The monoisotopic (exact) mass is 508 g/mol. The molecular weight excluding hydrogens is 479 g/mol. The number of primary amides is 1. The lowest BCUT2D eigenvalue weighted by Gasteiger charge is -2.35. The molecule has 0 bridgehead atoms. The molecule has 0 atom stereocenters. The Balaban J connectivity index is 1.69. The lowest BCUT2D eigenvalue weighted by molar-refractivity contribution is -0.120. The molecule has 11 heteroatoms. The summed E-state index contributed by atoms with van der Waals surface area (Å²) in [5, 5.41) is 16.2. The maximum atomic E-state index is 14.8. The highest BCUT2D eigenvalue weighted by Crippen LogP contribution is 2.41. The van der Waals surface area contributed by atoms with E-state index < -0.39 is 17.3 Å². The van der Waals surface area contributed by atoms with Gasteiger partial charge in [0.2, 0.25) is 11.8 Å². The molecule has 2 aliphatic rings. The van der Waals surface area contributed by atoms with Crippen molar-refractivity contribution >= 4 is 23.3 Å². The molecule has 10 nitrogen and oxygen atoms in total. The summed E-state index contributed by atoms with van der Waals surface area (Å²) < 4.78 is 20.3. The van der Waals surface area contributed by atoms with Gasteiger partial charge in [-0.15, -0.1) is 0 Å². The molecule has 37 heavy (non-hydrogen) atoms. The van der Waals surface area contributed by atoms with Crippen LogP contribution in [0.15, 0.2) is 53.4 Å². The number of methoxy groups -OCH3 is 1. The van der Waals surface area contributed by atoms with Crippen molar-refractivity contribution in [3.05, 3.63) is 60.0 Å². The van der Waals surface area contributed by atoms with Crippen LogP contribution in [0.5, 0.6) is 5.75 Å². The Bertz CT molecular complexity index is 1300. The normalized spacial score (nSPS) is 17.0. The van der Waals surface area contributed by atoms with Gasteiger partial charge in [-0.25, -0.2) is 4.39 Å². The maximum absolute atomic E-state index is 14.8. The Morgan fingerprint density at radius 3 is 2.54 bits per heavy atom. The van der Waals surface area contributed by atoms with Crippen LogP contribution in [0.4, 0.5) is 10.1 Å². The van der Waals surface area contributed by atoms with E-state index in [0.717, 1.165) is 19.3 Å². The Hall–Kier alpha value is -4.12. The molecule has 0 saturated heterocycles. The van der Waals surface area contributed by atoms with Crippen molar-refractivity contribution in [3.63, 3.8) is 0 Å². The first-order valence-corrected chi connectivity index (χ1v) is 11.8. The van der Waals surface area contributed by atoms with Gasteiger partial charge < -0.3 is 26.2 Å². The molecule has 2 saturated carbocycles. The highest BCUT2D eigenvalue weighted by molar-refractivity contribution is 6.08. The zero-order valence-electron chi connectivity index (χ0n) is 20.7. The third-order valence-corrected chi connectivity index (χ3v) is 6.46. The van der Waals surface area contributed by atoms with E-state index in [0.29, 0.717) is 29.8 Å². The van der Waals surface area contributed by atoms with Gasteiger partial charge in [-0.05, 0) is 38.2 Å². The number of carbonyl (C=O) groups is 2. The number of benzene rings is 1. The minimum Gasteiger partial charge on any atom is -0.494 e. The van der Waals surface area contributed by atoms with Crippen molar-refractivity contribution in [2.45, 2.75) is 37.7 Å². The first-order valence-electron chi connectivity index (χ1n) is 11.8. The van der Waals surface area contributed by atoms with E-state index >= 15 is 0 Å². The zero-order chi connectivity index (χ0) is 26.7. The number of nitrogens with two attached hydrogens (primary N) is 1. The second-order valence-corrected chi connectivity index (χ2v) is 9.10. The molecule has 2 fully saturated rings. The number of hydrogen-bond donors (Lipinski definition) is 4. The standard InChI is InChI=1S/C26H29FN6O4/c1-14(24(28)34)18(11-22(29-2)33-25(35)15-5-6-15)32-19-10-16(27)9-17(23(19)37-3)20-12-31-21(13-30-20)26(36)7-4-8-26/h9-13,15,32,36H,1,4-8H2,2-3H3,(H2,28,34)(H,29,33,35)/b18-11+. The van der Waals surface area contributed by atoms with Gasteiger partial charge in [0, 0.05) is 30.7 Å². The number of aliphatic hydroxyl groups is 1. The van der Waals surface area contributed by atoms with E-state index in [1.807, 2.05) is 0 Å². The Morgan fingerprint density at radius 2 is 2.03 bits per heavy atom. The first kappa shape index (κ1) is 26.0. The van der Waals surface area contributed by atoms with Crippen molar-refractivity contribution in [1.82, 2.24) is 15.3 Å². The molecule has 0 spiro atoms. The molecule has 0 radical (unpaired) electrons. The largest absolute Gasteiger partial charge is 0.494 e. The maximum Gasteiger partial charge on any atom is 0.250 e. The highest BCUT2D eigenvalue weighted by Gasteiger charge is 2.38. The fourth-order valence-electron chi connectivity index (χ4n) is 3.92. The van der Waals surface area contributed by atoms with Crippen molar-refractivity contribution in [1.29, 1.82) is 0 Å². The third-order valence-electron chi connectivity index (χ3n) is 6.46. The quantitative estimate of drug-likeness (QED) is 0.176. The average Bonchev–Trinajstić information content (AvgIpc) is 3.71. The first-order chi connectivity index (χ1) is 17.6. The van der Waals surface area contributed by atoms with Crippen LogP contribution in [0.2, 0.25) is 0 Å². The second kappa shape index (κ2) is 10.5. The molecule has 2 aromatic rings. The predicted octanol–water partition coefficient (Wildman–Crippen LogP) is 2.55. The summed E-state index contributed by atoms with van der Waals surface area (Å²) in [6.45, 7) is 3.72. The molecule has 5 N–H and O–H groups in total. The Kier molecular flexibility index (Phi) is 7.35. The van der Waals surface area contributed by atoms with Gasteiger partial charge in [0.15, 0.2) is 5.75 Å². The highest BCUT2D eigenvalue weighted by atomic mass is 19.1. The number of amides is 2. The molecule has 0 aliphatic heterocycles. The van der Waals surface area contributed by atoms with E-state index in [9.17, 15) is 19.1 Å². The zero-order valence-corrected chi connectivity index (χ0v) is 20.7. The summed E-state index contributed by atoms with van der Waals surface area (Å²) in [5.41, 5.74) is 5.67. The van der Waals surface area contributed by atoms with Crippen LogP contribution in [-0.4, -0.2) is 46.9 Å². The number of nitrogens with zero attached hydrogens (tertiary/aromatic N) is 3. The molecule has 0 unspecified atom stereocenters.